The number of aliphatic imine (C=N–C) groups is 1. The largest absolute Gasteiger partial charge is 0.295 e. The molecule has 2 N–H and O–H groups in total. The van der Waals surface area contributed by atoms with Crippen molar-refractivity contribution in [1.29, 1.82) is 0 Å². The number of aryl methyl sites for hydroxylation is 1. The minimum atomic E-state index is 0.630. The molecule has 0 aromatic carbocycles. The lowest BCUT2D eigenvalue weighted by Gasteiger charge is -2.17. The number of rotatable bonds is 1. The topological polar surface area (TPSA) is 59.4 Å². The van der Waals surface area contributed by atoms with Crippen LogP contribution >= 0.6 is 0 Å². The third-order valence-electron chi connectivity index (χ3n) is 1.79. The van der Waals surface area contributed by atoms with Crippen LogP contribution in [0.25, 0.3) is 5.70 Å². The van der Waals surface area contributed by atoms with Gasteiger partial charge in [-0.25, -0.2) is 15.5 Å². The van der Waals surface area contributed by atoms with E-state index in [-0.39, 0.29) is 0 Å². The van der Waals surface area contributed by atoms with Gasteiger partial charge in [0, 0.05) is 6.20 Å². The molecule has 0 saturated heterocycles. The monoisotopic (exact) mass is 177 g/mol. The fourth-order valence-electron chi connectivity index (χ4n) is 1.18. The van der Waals surface area contributed by atoms with Gasteiger partial charge in [-0.05, 0) is 12.5 Å². The maximum atomic E-state index is 5.57. The molecule has 5 nitrogen and oxygen atoms in total. The van der Waals surface area contributed by atoms with Crippen LogP contribution in [0.15, 0.2) is 23.6 Å². The van der Waals surface area contributed by atoms with Crippen molar-refractivity contribution in [2.24, 2.45) is 10.8 Å². The van der Waals surface area contributed by atoms with E-state index in [0.29, 0.717) is 6.54 Å². The van der Waals surface area contributed by atoms with E-state index < -0.39 is 0 Å². The van der Waals surface area contributed by atoms with Crippen LogP contribution in [0, 0.1) is 6.92 Å². The van der Waals surface area contributed by atoms with Crippen molar-refractivity contribution in [3.63, 3.8) is 0 Å². The first kappa shape index (κ1) is 8.00. The van der Waals surface area contributed by atoms with Crippen molar-refractivity contribution in [3.8, 4) is 0 Å². The third-order valence-corrected chi connectivity index (χ3v) is 1.79. The van der Waals surface area contributed by atoms with Crippen LogP contribution in [0.4, 0.5) is 0 Å². The van der Waals surface area contributed by atoms with E-state index in [1.807, 2.05) is 13.1 Å². The van der Waals surface area contributed by atoms with Crippen molar-refractivity contribution in [3.05, 3.63) is 24.2 Å². The normalized spacial score (nSPS) is 16.2. The molecule has 1 aliphatic heterocycles. The molecular formula is C8H11N5. The van der Waals surface area contributed by atoms with Gasteiger partial charge in [-0.15, -0.1) is 0 Å². The molecule has 2 heterocycles. The third kappa shape index (κ3) is 1.59. The first-order valence-corrected chi connectivity index (χ1v) is 4.01. The Morgan fingerprint density at radius 2 is 2.38 bits per heavy atom. The molecule has 13 heavy (non-hydrogen) atoms. The average Bonchev–Trinajstić information content (AvgIpc) is 2.52. The van der Waals surface area contributed by atoms with Crippen LogP contribution in [0.3, 0.4) is 0 Å². The Morgan fingerprint density at radius 1 is 1.54 bits per heavy atom. The zero-order chi connectivity index (χ0) is 9.26. The molecule has 0 aliphatic carbocycles. The molecule has 1 aromatic heterocycles. The fourth-order valence-corrected chi connectivity index (χ4v) is 1.18. The van der Waals surface area contributed by atoms with Crippen LogP contribution in [0.2, 0.25) is 0 Å². The second-order valence-corrected chi connectivity index (χ2v) is 3.02. The summed E-state index contributed by atoms with van der Waals surface area (Å²) in [5.74, 6) is 5.57. The lowest BCUT2D eigenvalue weighted by Crippen LogP contribution is -2.33. The second-order valence-electron chi connectivity index (χ2n) is 3.02. The molecule has 2 rings (SSSR count). The van der Waals surface area contributed by atoms with E-state index in [1.54, 1.807) is 23.4 Å². The molecule has 1 aromatic rings. The van der Waals surface area contributed by atoms with E-state index in [4.69, 9.17) is 5.84 Å². The van der Waals surface area contributed by atoms with E-state index in [9.17, 15) is 0 Å². The summed E-state index contributed by atoms with van der Waals surface area (Å²) >= 11 is 0. The van der Waals surface area contributed by atoms with Gasteiger partial charge in [0.15, 0.2) is 0 Å². The maximum absolute atomic E-state index is 5.57. The molecule has 0 bridgehead atoms. The summed E-state index contributed by atoms with van der Waals surface area (Å²) < 4.78 is 1.78. The van der Waals surface area contributed by atoms with Gasteiger partial charge in [0.25, 0.3) is 0 Å². The molecule has 0 atom stereocenters. The van der Waals surface area contributed by atoms with Gasteiger partial charge in [0.2, 0.25) is 0 Å². The summed E-state index contributed by atoms with van der Waals surface area (Å²) in [6.45, 7) is 2.63. The number of aromatic nitrogens is 2. The number of nitrogens with two attached hydrogens (primary N) is 1. The minimum absolute atomic E-state index is 0.630. The Kier molecular flexibility index (Phi) is 1.86. The predicted octanol–water partition coefficient (Wildman–Crippen LogP) is 0.208. The van der Waals surface area contributed by atoms with Crippen LogP contribution in [-0.2, 0) is 0 Å². The van der Waals surface area contributed by atoms with Crippen LogP contribution in [0.5, 0.6) is 0 Å². The second kappa shape index (κ2) is 3.02. The first-order valence-electron chi connectivity index (χ1n) is 4.01. The Bertz CT molecular complexity index is 362. The highest BCUT2D eigenvalue weighted by Gasteiger charge is 2.07. The number of hydrazine groups is 1. The lowest BCUT2D eigenvalue weighted by atomic mass is 10.4. The molecule has 0 unspecified atom stereocenters. The lowest BCUT2D eigenvalue weighted by molar-refractivity contribution is 0.494. The van der Waals surface area contributed by atoms with Gasteiger partial charge in [0.1, 0.15) is 6.34 Å². The quantitative estimate of drug-likeness (QED) is 0.624. The average molecular weight is 177 g/mol. The van der Waals surface area contributed by atoms with E-state index >= 15 is 0 Å². The summed E-state index contributed by atoms with van der Waals surface area (Å²) in [6.07, 6.45) is 7.09. The molecule has 0 spiro atoms. The van der Waals surface area contributed by atoms with Crippen molar-refractivity contribution >= 4 is 12.0 Å². The van der Waals surface area contributed by atoms with Gasteiger partial charge >= 0.3 is 0 Å². The SMILES string of the molecule is Cc1cnn(C2=CN=CN(N)C2)c1. The Hall–Kier alpha value is -1.62. The molecule has 1 aliphatic rings. The predicted molar refractivity (Wildman–Crippen MR) is 50.6 cm³/mol. The molecule has 68 valence electrons. The molecule has 0 fully saturated rings. The van der Waals surface area contributed by atoms with Crippen LogP contribution < -0.4 is 5.84 Å². The first-order chi connectivity index (χ1) is 6.25. The summed E-state index contributed by atoms with van der Waals surface area (Å²) in [7, 11) is 0. The Balaban J connectivity index is 2.27. The number of nitrogens with zero attached hydrogens (tertiary/aromatic N) is 4. The highest BCUT2D eigenvalue weighted by molar-refractivity contribution is 5.64. The van der Waals surface area contributed by atoms with Gasteiger partial charge in [-0.3, -0.25) is 5.01 Å². The van der Waals surface area contributed by atoms with E-state index in [0.717, 1.165) is 11.3 Å². The minimum Gasteiger partial charge on any atom is -0.295 e. The molecule has 0 saturated carbocycles. The van der Waals surface area contributed by atoms with Crippen molar-refractivity contribution < 1.29 is 0 Å². The number of hydrogen-bond donors (Lipinski definition) is 1. The highest BCUT2D eigenvalue weighted by atomic mass is 15.4. The fraction of sp³-hybridized carbons (Fsp3) is 0.250. The molecule has 0 radical (unpaired) electrons. The van der Waals surface area contributed by atoms with Gasteiger partial charge in [-0.1, -0.05) is 0 Å². The Morgan fingerprint density at radius 3 is 3.00 bits per heavy atom. The number of hydrogen-bond acceptors (Lipinski definition) is 4. The zero-order valence-corrected chi connectivity index (χ0v) is 7.38. The van der Waals surface area contributed by atoms with Gasteiger partial charge in [-0.2, -0.15) is 5.10 Å². The van der Waals surface area contributed by atoms with Gasteiger partial charge in [0.05, 0.1) is 24.6 Å². The van der Waals surface area contributed by atoms with Crippen LogP contribution in [0.1, 0.15) is 5.56 Å². The van der Waals surface area contributed by atoms with Crippen LogP contribution in [-0.4, -0.2) is 27.7 Å². The maximum Gasteiger partial charge on any atom is 0.105 e. The summed E-state index contributed by atoms with van der Waals surface area (Å²) in [5, 5.41) is 5.69. The van der Waals surface area contributed by atoms with Crippen molar-refractivity contribution in [2.45, 2.75) is 6.92 Å². The Labute approximate surface area is 76.1 Å². The standard InChI is InChI=1S/C8H11N5/c1-7-2-11-13(4-7)8-3-10-6-12(9)5-8/h2-4,6H,5,9H2,1H3. The highest BCUT2D eigenvalue weighted by Crippen LogP contribution is 2.08. The molecule has 0 amide bonds. The van der Waals surface area contributed by atoms with Crippen molar-refractivity contribution in [1.82, 2.24) is 14.8 Å². The summed E-state index contributed by atoms with van der Waals surface area (Å²) in [6, 6.07) is 0. The smallest absolute Gasteiger partial charge is 0.105 e. The zero-order valence-electron chi connectivity index (χ0n) is 7.38. The summed E-state index contributed by atoms with van der Waals surface area (Å²) in [4.78, 5) is 3.98. The van der Waals surface area contributed by atoms with Crippen molar-refractivity contribution in [2.75, 3.05) is 6.54 Å². The van der Waals surface area contributed by atoms with E-state index in [2.05, 4.69) is 10.1 Å². The van der Waals surface area contributed by atoms with Gasteiger partial charge < -0.3 is 0 Å². The van der Waals surface area contributed by atoms with E-state index in [1.165, 1.54) is 5.01 Å². The molecular weight excluding hydrogens is 166 g/mol. The summed E-state index contributed by atoms with van der Waals surface area (Å²) in [5.41, 5.74) is 2.09. The molecule has 5 heteroatoms.